The number of esters is 1. The Bertz CT molecular complexity index is 907. The molecule has 0 spiro atoms. The Kier molecular flexibility index (Phi) is 5.47. The third kappa shape index (κ3) is 3.42. The van der Waals surface area contributed by atoms with Gasteiger partial charge in [-0.15, -0.1) is 0 Å². The minimum absolute atomic E-state index is 0.0303. The van der Waals surface area contributed by atoms with Gasteiger partial charge in [-0.3, -0.25) is 24.0 Å². The van der Waals surface area contributed by atoms with Crippen LogP contribution in [0, 0.1) is 10.1 Å². The van der Waals surface area contributed by atoms with E-state index in [1.807, 2.05) is 0 Å². The first-order valence-electron chi connectivity index (χ1n) is 8.08. The van der Waals surface area contributed by atoms with Gasteiger partial charge in [-0.05, 0) is 24.6 Å². The lowest BCUT2D eigenvalue weighted by Gasteiger charge is -2.37. The third-order valence-corrected chi connectivity index (χ3v) is 7.18. The SMILES string of the molecule is CC=C1C(=O)N2C(C(=O)OCc3ccc([N+](=O)[O-])cc3)=C(S(=O)CC)SC12. The fraction of sp³-hybridized carbons (Fsp3) is 0.294. The van der Waals surface area contributed by atoms with Crippen molar-refractivity contribution in [2.24, 2.45) is 0 Å². The van der Waals surface area contributed by atoms with E-state index in [2.05, 4.69) is 0 Å². The van der Waals surface area contributed by atoms with Crippen LogP contribution in [0.25, 0.3) is 0 Å². The lowest BCUT2D eigenvalue weighted by Crippen LogP contribution is -2.51. The normalized spacial score (nSPS) is 21.1. The number of rotatable bonds is 6. The highest BCUT2D eigenvalue weighted by atomic mass is 32.2. The van der Waals surface area contributed by atoms with Crippen molar-refractivity contribution in [1.82, 2.24) is 4.90 Å². The maximum Gasteiger partial charge on any atom is 0.357 e. The molecule has 2 aliphatic heterocycles. The lowest BCUT2D eigenvalue weighted by atomic mass is 10.1. The van der Waals surface area contributed by atoms with Crippen molar-refractivity contribution in [2.75, 3.05) is 5.75 Å². The quantitative estimate of drug-likeness (QED) is 0.234. The van der Waals surface area contributed by atoms with Crippen LogP contribution in [0.15, 0.2) is 45.8 Å². The zero-order chi connectivity index (χ0) is 19.7. The van der Waals surface area contributed by atoms with Crippen molar-refractivity contribution in [1.29, 1.82) is 0 Å². The number of non-ortho nitro benzene ring substituents is 1. The average molecular weight is 408 g/mol. The van der Waals surface area contributed by atoms with Crippen molar-refractivity contribution >= 4 is 40.1 Å². The molecule has 27 heavy (non-hydrogen) atoms. The number of hydrogen-bond acceptors (Lipinski definition) is 7. The molecule has 0 aliphatic carbocycles. The first-order chi connectivity index (χ1) is 12.9. The topological polar surface area (TPSA) is 107 Å². The summed E-state index contributed by atoms with van der Waals surface area (Å²) in [6.07, 6.45) is 1.69. The second-order valence-corrected chi connectivity index (χ2v) is 8.68. The predicted octanol–water partition coefficient (Wildman–Crippen LogP) is 2.44. The number of fused-ring (bicyclic) bond motifs is 1. The van der Waals surface area contributed by atoms with E-state index in [4.69, 9.17) is 4.74 Å². The fourth-order valence-corrected chi connectivity index (χ4v) is 5.57. The zero-order valence-electron chi connectivity index (χ0n) is 14.5. The number of nitro groups is 1. The van der Waals surface area contributed by atoms with Crippen molar-refractivity contribution in [3.05, 3.63) is 61.5 Å². The van der Waals surface area contributed by atoms with E-state index in [0.717, 1.165) is 0 Å². The molecule has 1 aromatic carbocycles. The van der Waals surface area contributed by atoms with Crippen LogP contribution in [-0.4, -0.2) is 37.0 Å². The molecule has 0 radical (unpaired) electrons. The highest BCUT2D eigenvalue weighted by molar-refractivity contribution is 8.17. The number of allylic oxidation sites excluding steroid dienone is 1. The predicted molar refractivity (Wildman–Crippen MR) is 101 cm³/mol. The van der Waals surface area contributed by atoms with Crippen molar-refractivity contribution in [3.8, 4) is 0 Å². The van der Waals surface area contributed by atoms with E-state index >= 15 is 0 Å². The highest BCUT2D eigenvalue weighted by Crippen LogP contribution is 2.50. The van der Waals surface area contributed by atoms with Gasteiger partial charge in [-0.2, -0.15) is 0 Å². The molecule has 2 aliphatic rings. The molecule has 1 amide bonds. The molecule has 3 rings (SSSR count). The molecule has 2 atom stereocenters. The van der Waals surface area contributed by atoms with Crippen LogP contribution in [0.4, 0.5) is 5.69 Å². The second kappa shape index (κ2) is 7.65. The number of carbonyl (C=O) groups is 2. The molecule has 142 valence electrons. The summed E-state index contributed by atoms with van der Waals surface area (Å²) in [5, 5.41) is 10.3. The lowest BCUT2D eigenvalue weighted by molar-refractivity contribution is -0.384. The molecule has 0 bridgehead atoms. The van der Waals surface area contributed by atoms with Crippen molar-refractivity contribution in [2.45, 2.75) is 25.8 Å². The minimum Gasteiger partial charge on any atom is -0.456 e. The number of thioether (sulfide) groups is 1. The molecule has 10 heteroatoms. The van der Waals surface area contributed by atoms with Crippen LogP contribution < -0.4 is 0 Å². The molecule has 0 saturated carbocycles. The average Bonchev–Trinajstić information content (AvgIpc) is 3.02. The Morgan fingerprint density at radius 3 is 2.63 bits per heavy atom. The van der Waals surface area contributed by atoms with E-state index in [-0.39, 0.29) is 29.3 Å². The molecule has 0 N–H and O–H groups in total. The summed E-state index contributed by atoms with van der Waals surface area (Å²) in [6, 6.07) is 5.62. The van der Waals surface area contributed by atoms with Crippen LogP contribution in [0.2, 0.25) is 0 Å². The van der Waals surface area contributed by atoms with E-state index in [9.17, 15) is 23.9 Å². The number of hydrogen-bond donors (Lipinski definition) is 0. The Morgan fingerprint density at radius 2 is 2.07 bits per heavy atom. The van der Waals surface area contributed by atoms with E-state index in [0.29, 0.717) is 21.1 Å². The van der Waals surface area contributed by atoms with Crippen molar-refractivity contribution < 1.29 is 23.5 Å². The maximum absolute atomic E-state index is 12.6. The van der Waals surface area contributed by atoms with Gasteiger partial charge in [0.15, 0.2) is 5.70 Å². The van der Waals surface area contributed by atoms with Gasteiger partial charge in [0.25, 0.3) is 11.6 Å². The van der Waals surface area contributed by atoms with Crippen LogP contribution in [0.3, 0.4) is 0 Å². The van der Waals surface area contributed by atoms with Gasteiger partial charge in [0, 0.05) is 23.5 Å². The molecular formula is C17H16N2O6S2. The van der Waals surface area contributed by atoms with Crippen LogP contribution in [-0.2, 0) is 31.7 Å². The molecule has 1 saturated heterocycles. The molecule has 2 unspecified atom stereocenters. The van der Waals surface area contributed by atoms with Crippen LogP contribution in [0.1, 0.15) is 19.4 Å². The van der Waals surface area contributed by atoms with Gasteiger partial charge in [0.2, 0.25) is 0 Å². The van der Waals surface area contributed by atoms with Gasteiger partial charge in [-0.25, -0.2) is 4.79 Å². The summed E-state index contributed by atoms with van der Waals surface area (Å²) >= 11 is 1.23. The Hall–Kier alpha value is -2.46. The number of β-lactam (4-membered cyclic amide) rings is 1. The van der Waals surface area contributed by atoms with Crippen LogP contribution >= 0.6 is 11.8 Å². The van der Waals surface area contributed by atoms with Crippen LogP contribution in [0.5, 0.6) is 0 Å². The van der Waals surface area contributed by atoms with Gasteiger partial charge >= 0.3 is 5.97 Å². The van der Waals surface area contributed by atoms with E-state index in [1.54, 1.807) is 19.9 Å². The molecule has 0 aromatic heterocycles. The molecule has 2 heterocycles. The first-order valence-corrected chi connectivity index (χ1v) is 10.3. The summed E-state index contributed by atoms with van der Waals surface area (Å²) in [5.74, 6) is -0.703. The van der Waals surface area contributed by atoms with Gasteiger partial charge < -0.3 is 4.74 Å². The molecule has 1 aromatic rings. The maximum atomic E-state index is 12.6. The summed E-state index contributed by atoms with van der Waals surface area (Å²) in [4.78, 5) is 36.3. The summed E-state index contributed by atoms with van der Waals surface area (Å²) in [6.45, 7) is 3.37. The third-order valence-electron chi connectivity index (χ3n) is 4.11. The molecular weight excluding hydrogens is 392 g/mol. The Labute approximate surface area is 161 Å². The monoisotopic (exact) mass is 408 g/mol. The van der Waals surface area contributed by atoms with Crippen molar-refractivity contribution in [3.63, 3.8) is 0 Å². The number of carbonyl (C=O) groups excluding carboxylic acids is 2. The summed E-state index contributed by atoms with van der Waals surface area (Å²) < 4.78 is 18.0. The van der Waals surface area contributed by atoms with Gasteiger partial charge in [-0.1, -0.05) is 24.8 Å². The fourth-order valence-electron chi connectivity index (χ4n) is 2.69. The number of nitro benzene ring substituents is 1. The Morgan fingerprint density at radius 1 is 1.41 bits per heavy atom. The number of benzene rings is 1. The van der Waals surface area contributed by atoms with Gasteiger partial charge in [0.1, 0.15) is 16.2 Å². The Balaban J connectivity index is 1.77. The largest absolute Gasteiger partial charge is 0.456 e. The zero-order valence-corrected chi connectivity index (χ0v) is 16.2. The first kappa shape index (κ1) is 19.3. The smallest absolute Gasteiger partial charge is 0.357 e. The summed E-state index contributed by atoms with van der Waals surface area (Å²) in [5.41, 5.74) is 1.11. The second-order valence-electron chi connectivity index (χ2n) is 5.66. The molecule has 8 nitrogen and oxygen atoms in total. The number of amides is 1. The summed E-state index contributed by atoms with van der Waals surface area (Å²) in [7, 11) is -1.40. The highest BCUT2D eigenvalue weighted by Gasteiger charge is 2.53. The van der Waals surface area contributed by atoms with E-state index in [1.165, 1.54) is 40.9 Å². The van der Waals surface area contributed by atoms with E-state index < -0.39 is 21.7 Å². The van der Waals surface area contributed by atoms with Gasteiger partial charge in [0.05, 0.1) is 15.7 Å². The minimum atomic E-state index is -1.40. The number of ether oxygens (including phenoxy) is 1. The molecule has 1 fully saturated rings. The number of nitrogens with zero attached hydrogens (tertiary/aromatic N) is 2. The standard InChI is InChI=1S/C17H16N2O6S2/c1-3-12-14(20)18-13(17(26-15(12)18)27(24)4-2)16(21)25-9-10-5-7-11(8-6-10)19(22)23/h3,5-8,15H,4,9H2,1-2H3.